The van der Waals surface area contributed by atoms with Gasteiger partial charge in [-0.25, -0.2) is 4.79 Å². The van der Waals surface area contributed by atoms with Crippen LogP contribution in [0.5, 0.6) is 0 Å². The summed E-state index contributed by atoms with van der Waals surface area (Å²) in [7, 11) is 1.17. The Kier molecular flexibility index (Phi) is 9.80. The highest BCUT2D eigenvalue weighted by Crippen LogP contribution is 2.35. The molecular formula is C24H29NO10. The number of hydrogen-bond acceptors (Lipinski definition) is 10. The van der Waals surface area contributed by atoms with Gasteiger partial charge < -0.3 is 29.0 Å². The molecule has 0 aromatic heterocycles. The molecule has 190 valence electrons. The van der Waals surface area contributed by atoms with E-state index < -0.39 is 66.7 Å². The normalized spacial score (nSPS) is 20.7. The Bertz CT molecular complexity index is 974. The van der Waals surface area contributed by atoms with Gasteiger partial charge in [0.05, 0.1) is 13.2 Å². The molecule has 1 N–H and O–H groups in total. The number of carbonyl (C=O) groups is 5. The summed E-state index contributed by atoms with van der Waals surface area (Å²) in [5.74, 6) is -4.21. The van der Waals surface area contributed by atoms with Crippen LogP contribution in [-0.4, -0.2) is 67.9 Å². The number of esters is 4. The molecule has 5 atom stereocenters. The first-order valence-electron chi connectivity index (χ1n) is 10.8. The van der Waals surface area contributed by atoms with Gasteiger partial charge in [-0.2, -0.15) is 0 Å². The standard InChI is InChI=1S/C24H29NO10/c1-13(26)25-21-18(17-9-7-6-8-10-17)11-19(24(30)31-5)35-23(21)22(34-16(4)29)20(33-15(3)28)12-32-14(2)27/h6-11,18,20-23H,12H2,1-5H3,(H,25,26)/t18-,20-,21-,22-,23-/m1/s1. The van der Waals surface area contributed by atoms with Gasteiger partial charge in [0, 0.05) is 33.6 Å². The van der Waals surface area contributed by atoms with Crippen LogP contribution in [0.25, 0.3) is 0 Å². The Balaban J connectivity index is 2.65. The summed E-state index contributed by atoms with van der Waals surface area (Å²) < 4.78 is 26.5. The summed E-state index contributed by atoms with van der Waals surface area (Å²) in [6, 6.07) is 8.05. The molecular weight excluding hydrogens is 462 g/mol. The van der Waals surface area contributed by atoms with Gasteiger partial charge >= 0.3 is 23.9 Å². The first kappa shape index (κ1) is 27.4. The van der Waals surface area contributed by atoms with Gasteiger partial charge in [0.25, 0.3) is 0 Å². The quantitative estimate of drug-likeness (QED) is 0.395. The van der Waals surface area contributed by atoms with Crippen LogP contribution in [0, 0.1) is 0 Å². The Labute approximate surface area is 202 Å². The Morgan fingerprint density at radius 2 is 1.57 bits per heavy atom. The summed E-state index contributed by atoms with van der Waals surface area (Å²) in [6.07, 6.45) is -2.44. The minimum absolute atomic E-state index is 0.195. The topological polar surface area (TPSA) is 144 Å². The first-order valence-corrected chi connectivity index (χ1v) is 10.8. The van der Waals surface area contributed by atoms with Crippen LogP contribution in [-0.2, 0) is 47.7 Å². The summed E-state index contributed by atoms with van der Waals surface area (Å²) in [4.78, 5) is 60.0. The number of ether oxygens (including phenoxy) is 5. The molecule has 1 heterocycles. The van der Waals surface area contributed by atoms with E-state index >= 15 is 0 Å². The molecule has 0 spiro atoms. The maximum Gasteiger partial charge on any atom is 0.373 e. The SMILES string of the molecule is COC(=O)C1=C[C@H](c2ccccc2)[C@@H](NC(C)=O)[C@H]([C@H](OC(C)=O)[C@@H](COC(C)=O)OC(C)=O)O1. The van der Waals surface area contributed by atoms with E-state index in [2.05, 4.69) is 5.32 Å². The highest BCUT2D eigenvalue weighted by atomic mass is 16.6. The lowest BCUT2D eigenvalue weighted by atomic mass is 9.82. The second kappa shape index (κ2) is 12.5. The molecule has 1 aromatic carbocycles. The fourth-order valence-electron chi connectivity index (χ4n) is 3.76. The zero-order valence-electron chi connectivity index (χ0n) is 20.1. The number of methoxy groups -OCH3 is 1. The second-order valence-electron chi connectivity index (χ2n) is 7.79. The van der Waals surface area contributed by atoms with E-state index in [-0.39, 0.29) is 5.76 Å². The lowest BCUT2D eigenvalue weighted by Gasteiger charge is -2.42. The van der Waals surface area contributed by atoms with Crippen molar-refractivity contribution in [2.45, 2.75) is 58.0 Å². The van der Waals surface area contributed by atoms with Gasteiger partial charge in [-0.1, -0.05) is 30.3 Å². The maximum absolute atomic E-state index is 12.5. The Hall–Kier alpha value is -3.89. The van der Waals surface area contributed by atoms with E-state index in [1.54, 1.807) is 30.3 Å². The molecule has 2 rings (SSSR count). The molecule has 1 aliphatic heterocycles. The van der Waals surface area contributed by atoms with Crippen LogP contribution in [0.2, 0.25) is 0 Å². The van der Waals surface area contributed by atoms with E-state index in [0.717, 1.165) is 20.8 Å². The zero-order chi connectivity index (χ0) is 26.1. The van der Waals surface area contributed by atoms with Gasteiger partial charge in [0.15, 0.2) is 18.3 Å². The molecule has 1 amide bonds. The number of hydrogen-bond donors (Lipinski definition) is 1. The predicted molar refractivity (Wildman–Crippen MR) is 120 cm³/mol. The van der Waals surface area contributed by atoms with Crippen LogP contribution in [0.3, 0.4) is 0 Å². The van der Waals surface area contributed by atoms with Crippen molar-refractivity contribution >= 4 is 29.8 Å². The van der Waals surface area contributed by atoms with Crippen LogP contribution in [0.1, 0.15) is 39.2 Å². The molecule has 0 fully saturated rings. The van der Waals surface area contributed by atoms with Crippen LogP contribution < -0.4 is 5.32 Å². The summed E-state index contributed by atoms with van der Waals surface area (Å²) in [5.41, 5.74) is 0.714. The lowest BCUT2D eigenvalue weighted by Crippen LogP contribution is -2.59. The first-order chi connectivity index (χ1) is 16.5. The highest BCUT2D eigenvalue weighted by Gasteiger charge is 2.48. The van der Waals surface area contributed by atoms with Gasteiger partial charge in [-0.05, 0) is 11.6 Å². The molecule has 1 aliphatic rings. The summed E-state index contributed by atoms with van der Waals surface area (Å²) in [5, 5.41) is 2.78. The zero-order valence-corrected chi connectivity index (χ0v) is 20.1. The van der Waals surface area contributed by atoms with Crippen molar-refractivity contribution in [2.75, 3.05) is 13.7 Å². The fraction of sp³-hybridized carbons (Fsp3) is 0.458. The van der Waals surface area contributed by atoms with Crippen molar-refractivity contribution in [2.24, 2.45) is 0 Å². The smallest absolute Gasteiger partial charge is 0.373 e. The largest absolute Gasteiger partial charge is 0.477 e. The van der Waals surface area contributed by atoms with Crippen molar-refractivity contribution in [3.63, 3.8) is 0 Å². The number of benzene rings is 1. The van der Waals surface area contributed by atoms with E-state index in [4.69, 9.17) is 23.7 Å². The van der Waals surface area contributed by atoms with Crippen molar-refractivity contribution in [3.8, 4) is 0 Å². The Morgan fingerprint density at radius 1 is 0.943 bits per heavy atom. The van der Waals surface area contributed by atoms with E-state index in [1.807, 2.05) is 0 Å². The van der Waals surface area contributed by atoms with Crippen LogP contribution in [0.4, 0.5) is 0 Å². The third-order valence-electron chi connectivity index (χ3n) is 5.04. The molecule has 0 saturated carbocycles. The average molecular weight is 491 g/mol. The molecule has 0 radical (unpaired) electrons. The van der Waals surface area contributed by atoms with E-state index in [1.165, 1.54) is 20.1 Å². The predicted octanol–water partition coefficient (Wildman–Crippen LogP) is 1.16. The molecule has 11 nitrogen and oxygen atoms in total. The lowest BCUT2D eigenvalue weighted by molar-refractivity contribution is -0.188. The van der Waals surface area contributed by atoms with Gasteiger partial charge in [-0.3, -0.25) is 19.2 Å². The van der Waals surface area contributed by atoms with Gasteiger partial charge in [-0.15, -0.1) is 0 Å². The maximum atomic E-state index is 12.5. The molecule has 0 aliphatic carbocycles. The molecule has 0 bridgehead atoms. The van der Waals surface area contributed by atoms with Crippen molar-refractivity contribution in [3.05, 3.63) is 47.7 Å². The third-order valence-corrected chi connectivity index (χ3v) is 5.04. The Morgan fingerprint density at radius 3 is 2.09 bits per heavy atom. The second-order valence-corrected chi connectivity index (χ2v) is 7.79. The van der Waals surface area contributed by atoms with Gasteiger partial charge in [0.1, 0.15) is 6.61 Å². The molecule has 35 heavy (non-hydrogen) atoms. The monoisotopic (exact) mass is 491 g/mol. The van der Waals surface area contributed by atoms with Crippen LogP contribution >= 0.6 is 0 Å². The molecule has 11 heteroatoms. The van der Waals surface area contributed by atoms with Crippen molar-refractivity contribution in [1.29, 1.82) is 0 Å². The fourth-order valence-corrected chi connectivity index (χ4v) is 3.76. The van der Waals surface area contributed by atoms with Gasteiger partial charge in [0.2, 0.25) is 11.7 Å². The third kappa shape index (κ3) is 7.83. The highest BCUT2D eigenvalue weighted by molar-refractivity contribution is 5.86. The van der Waals surface area contributed by atoms with Crippen LogP contribution in [0.15, 0.2) is 42.2 Å². The number of nitrogens with one attached hydrogen (secondary N) is 1. The van der Waals surface area contributed by atoms with Crippen molar-refractivity contribution < 1.29 is 47.7 Å². The minimum atomic E-state index is -1.38. The van der Waals surface area contributed by atoms with E-state index in [9.17, 15) is 24.0 Å². The average Bonchev–Trinajstić information content (AvgIpc) is 2.79. The minimum Gasteiger partial charge on any atom is -0.477 e. The van der Waals surface area contributed by atoms with E-state index in [0.29, 0.717) is 5.56 Å². The molecule has 0 unspecified atom stereocenters. The number of rotatable bonds is 9. The number of carbonyl (C=O) groups excluding carboxylic acids is 5. The molecule has 1 aromatic rings. The summed E-state index contributed by atoms with van der Waals surface area (Å²) in [6.45, 7) is 4.25. The summed E-state index contributed by atoms with van der Waals surface area (Å²) >= 11 is 0. The number of amides is 1. The van der Waals surface area contributed by atoms with Crippen molar-refractivity contribution in [1.82, 2.24) is 5.32 Å². The molecule has 0 saturated heterocycles.